The smallest absolute Gasteiger partial charge is 0.0589 e. The number of nitrogens with one attached hydrogen (secondary N) is 1. The highest BCUT2D eigenvalue weighted by atomic mass is 16.5. The Morgan fingerprint density at radius 2 is 2.18 bits per heavy atom. The van der Waals surface area contributed by atoms with Gasteiger partial charge in [0.2, 0.25) is 0 Å². The van der Waals surface area contributed by atoms with E-state index < -0.39 is 0 Å². The van der Waals surface area contributed by atoms with Crippen molar-refractivity contribution in [3.63, 3.8) is 0 Å². The van der Waals surface area contributed by atoms with Crippen LogP contribution in [-0.4, -0.2) is 50.3 Å². The lowest BCUT2D eigenvalue weighted by Crippen LogP contribution is -2.48. The van der Waals surface area contributed by atoms with Gasteiger partial charge in [0.05, 0.1) is 6.61 Å². The first-order chi connectivity index (χ1) is 8.22. The van der Waals surface area contributed by atoms with Gasteiger partial charge < -0.3 is 10.1 Å². The second-order valence-electron chi connectivity index (χ2n) is 5.29. The summed E-state index contributed by atoms with van der Waals surface area (Å²) in [7, 11) is 3.89. The second kappa shape index (κ2) is 8.06. The highest BCUT2D eigenvalue weighted by Gasteiger charge is 2.27. The molecule has 0 aliphatic heterocycles. The number of nitrogens with zero attached hydrogens (tertiary/aromatic N) is 1. The Hall–Kier alpha value is -0.120. The molecular formula is C14H30N2O. The molecule has 1 aliphatic rings. The van der Waals surface area contributed by atoms with Crippen molar-refractivity contribution in [3.8, 4) is 0 Å². The molecule has 0 spiro atoms. The SMILES string of the molecule is CCC(C)N(CCOC)C1CCCC(NC)C1. The molecule has 1 N–H and O–H groups in total. The van der Waals surface area contributed by atoms with E-state index in [-0.39, 0.29) is 0 Å². The summed E-state index contributed by atoms with van der Waals surface area (Å²) in [4.78, 5) is 2.66. The van der Waals surface area contributed by atoms with Gasteiger partial charge >= 0.3 is 0 Å². The quantitative estimate of drug-likeness (QED) is 0.741. The summed E-state index contributed by atoms with van der Waals surface area (Å²) in [6.45, 7) is 6.55. The monoisotopic (exact) mass is 242 g/mol. The third-order valence-corrected chi connectivity index (χ3v) is 4.23. The normalized spacial score (nSPS) is 27.4. The van der Waals surface area contributed by atoms with Crippen LogP contribution < -0.4 is 5.32 Å². The number of ether oxygens (including phenoxy) is 1. The Kier molecular flexibility index (Phi) is 7.09. The Morgan fingerprint density at radius 1 is 1.41 bits per heavy atom. The first kappa shape index (κ1) is 14.9. The number of rotatable bonds is 7. The molecule has 0 radical (unpaired) electrons. The van der Waals surface area contributed by atoms with E-state index in [1.165, 1.54) is 32.1 Å². The molecule has 0 saturated heterocycles. The summed E-state index contributed by atoms with van der Waals surface area (Å²) < 4.78 is 5.25. The van der Waals surface area contributed by atoms with Gasteiger partial charge in [0.1, 0.15) is 0 Å². The largest absolute Gasteiger partial charge is 0.383 e. The molecule has 3 atom stereocenters. The second-order valence-corrected chi connectivity index (χ2v) is 5.29. The zero-order chi connectivity index (χ0) is 12.7. The number of hydrogen-bond donors (Lipinski definition) is 1. The summed E-state index contributed by atoms with van der Waals surface area (Å²) in [6.07, 6.45) is 6.57. The molecular weight excluding hydrogens is 212 g/mol. The van der Waals surface area contributed by atoms with Crippen molar-refractivity contribution in [3.05, 3.63) is 0 Å². The van der Waals surface area contributed by atoms with E-state index in [1.807, 2.05) is 0 Å². The van der Waals surface area contributed by atoms with Gasteiger partial charge in [-0.25, -0.2) is 0 Å². The molecule has 1 aliphatic carbocycles. The third-order valence-electron chi connectivity index (χ3n) is 4.23. The fraction of sp³-hybridized carbons (Fsp3) is 1.00. The van der Waals surface area contributed by atoms with Crippen LogP contribution in [0.15, 0.2) is 0 Å². The molecule has 17 heavy (non-hydrogen) atoms. The topological polar surface area (TPSA) is 24.5 Å². The van der Waals surface area contributed by atoms with Gasteiger partial charge in [0, 0.05) is 31.8 Å². The molecule has 0 aromatic rings. The average Bonchev–Trinajstić information content (AvgIpc) is 2.39. The lowest BCUT2D eigenvalue weighted by Gasteiger charge is -2.40. The average molecular weight is 242 g/mol. The molecule has 0 heterocycles. The minimum atomic E-state index is 0.672. The van der Waals surface area contributed by atoms with Crippen molar-refractivity contribution in [2.24, 2.45) is 0 Å². The van der Waals surface area contributed by atoms with Crippen LogP contribution in [0.1, 0.15) is 46.0 Å². The van der Waals surface area contributed by atoms with Gasteiger partial charge in [0.25, 0.3) is 0 Å². The van der Waals surface area contributed by atoms with E-state index in [4.69, 9.17) is 4.74 Å². The Balaban J connectivity index is 2.54. The molecule has 1 saturated carbocycles. The third kappa shape index (κ3) is 4.57. The summed E-state index contributed by atoms with van der Waals surface area (Å²) in [6, 6.07) is 2.12. The standard InChI is InChI=1S/C14H30N2O/c1-5-12(2)16(9-10-17-4)14-8-6-7-13(11-14)15-3/h12-15H,5-11H2,1-4H3. The highest BCUT2D eigenvalue weighted by Crippen LogP contribution is 2.25. The molecule has 3 heteroatoms. The van der Waals surface area contributed by atoms with Gasteiger partial charge in [-0.2, -0.15) is 0 Å². The Bertz CT molecular complexity index is 199. The maximum Gasteiger partial charge on any atom is 0.0589 e. The van der Waals surface area contributed by atoms with Gasteiger partial charge in [-0.15, -0.1) is 0 Å². The van der Waals surface area contributed by atoms with E-state index in [2.05, 4.69) is 31.1 Å². The zero-order valence-corrected chi connectivity index (χ0v) is 12.0. The fourth-order valence-electron chi connectivity index (χ4n) is 2.92. The molecule has 102 valence electrons. The molecule has 3 unspecified atom stereocenters. The predicted molar refractivity (Wildman–Crippen MR) is 73.4 cm³/mol. The summed E-state index contributed by atoms with van der Waals surface area (Å²) in [5, 5.41) is 3.44. The van der Waals surface area contributed by atoms with Crippen molar-refractivity contribution in [2.75, 3.05) is 27.3 Å². The summed E-state index contributed by atoms with van der Waals surface area (Å²) in [5.41, 5.74) is 0. The number of methoxy groups -OCH3 is 1. The van der Waals surface area contributed by atoms with Crippen LogP contribution in [0.3, 0.4) is 0 Å². The van der Waals surface area contributed by atoms with Gasteiger partial charge in [-0.05, 0) is 39.7 Å². The Labute approximate surface area is 107 Å². The minimum absolute atomic E-state index is 0.672. The maximum absolute atomic E-state index is 5.25. The van der Waals surface area contributed by atoms with E-state index >= 15 is 0 Å². The van der Waals surface area contributed by atoms with Gasteiger partial charge in [0.15, 0.2) is 0 Å². The lowest BCUT2D eigenvalue weighted by atomic mass is 9.89. The molecule has 3 nitrogen and oxygen atoms in total. The number of hydrogen-bond acceptors (Lipinski definition) is 3. The highest BCUT2D eigenvalue weighted by molar-refractivity contribution is 4.85. The van der Waals surface area contributed by atoms with Crippen molar-refractivity contribution < 1.29 is 4.74 Å². The van der Waals surface area contributed by atoms with Crippen LogP contribution >= 0.6 is 0 Å². The summed E-state index contributed by atoms with van der Waals surface area (Å²) in [5.74, 6) is 0. The Morgan fingerprint density at radius 3 is 2.76 bits per heavy atom. The first-order valence-corrected chi connectivity index (χ1v) is 7.14. The van der Waals surface area contributed by atoms with Crippen LogP contribution in [0, 0.1) is 0 Å². The molecule has 0 amide bonds. The van der Waals surface area contributed by atoms with Gasteiger partial charge in [-0.1, -0.05) is 13.3 Å². The van der Waals surface area contributed by atoms with Gasteiger partial charge in [-0.3, -0.25) is 4.90 Å². The van der Waals surface area contributed by atoms with Crippen LogP contribution in [0.25, 0.3) is 0 Å². The van der Waals surface area contributed by atoms with Crippen LogP contribution in [-0.2, 0) is 4.74 Å². The van der Waals surface area contributed by atoms with E-state index in [1.54, 1.807) is 7.11 Å². The molecule has 1 fully saturated rings. The fourth-order valence-corrected chi connectivity index (χ4v) is 2.92. The van der Waals surface area contributed by atoms with Crippen molar-refractivity contribution in [1.29, 1.82) is 0 Å². The molecule has 1 rings (SSSR count). The first-order valence-electron chi connectivity index (χ1n) is 7.14. The minimum Gasteiger partial charge on any atom is -0.383 e. The molecule has 0 aromatic heterocycles. The van der Waals surface area contributed by atoms with Crippen molar-refractivity contribution >= 4 is 0 Å². The van der Waals surface area contributed by atoms with Crippen LogP contribution in [0.4, 0.5) is 0 Å². The maximum atomic E-state index is 5.25. The van der Waals surface area contributed by atoms with Crippen LogP contribution in [0.2, 0.25) is 0 Å². The lowest BCUT2D eigenvalue weighted by molar-refractivity contribution is 0.0649. The summed E-state index contributed by atoms with van der Waals surface area (Å²) >= 11 is 0. The van der Waals surface area contributed by atoms with Crippen molar-refractivity contribution in [1.82, 2.24) is 10.2 Å². The van der Waals surface area contributed by atoms with Crippen molar-refractivity contribution in [2.45, 2.75) is 64.1 Å². The van der Waals surface area contributed by atoms with Crippen LogP contribution in [0.5, 0.6) is 0 Å². The molecule has 0 aromatic carbocycles. The predicted octanol–water partition coefficient (Wildman–Crippen LogP) is 2.26. The molecule has 0 bridgehead atoms. The van der Waals surface area contributed by atoms with E-state index in [0.29, 0.717) is 12.1 Å². The zero-order valence-electron chi connectivity index (χ0n) is 12.0. The van der Waals surface area contributed by atoms with E-state index in [9.17, 15) is 0 Å². The van der Waals surface area contributed by atoms with E-state index in [0.717, 1.165) is 19.2 Å².